The second-order valence-corrected chi connectivity index (χ2v) is 3.80. The molecule has 0 bridgehead atoms. The molecule has 0 saturated heterocycles. The molecule has 1 aromatic rings. The van der Waals surface area contributed by atoms with Crippen LogP contribution in [0.1, 0.15) is 15.9 Å². The van der Waals surface area contributed by atoms with Crippen molar-refractivity contribution in [2.24, 2.45) is 0 Å². The van der Waals surface area contributed by atoms with Gasteiger partial charge in [0, 0.05) is 11.3 Å². The lowest BCUT2D eigenvalue weighted by molar-refractivity contribution is -0.143. The van der Waals surface area contributed by atoms with Gasteiger partial charge in [0.1, 0.15) is 0 Å². The molecule has 0 unspecified atom stereocenters. The van der Waals surface area contributed by atoms with Crippen LogP contribution in [0.5, 0.6) is 0 Å². The van der Waals surface area contributed by atoms with Gasteiger partial charge in [0.2, 0.25) is 0 Å². The first-order valence-electron chi connectivity index (χ1n) is 5.35. The Hall–Kier alpha value is -2.08. The number of nitrogens with two attached hydrogens (primary N) is 1. The van der Waals surface area contributed by atoms with E-state index in [1.54, 1.807) is 25.1 Å². The topological polar surface area (TPSA) is 102 Å². The van der Waals surface area contributed by atoms with Crippen molar-refractivity contribution in [2.45, 2.75) is 13.0 Å². The number of aryl methyl sites for hydroxylation is 1. The number of anilines is 1. The Morgan fingerprint density at radius 1 is 1.50 bits per heavy atom. The van der Waals surface area contributed by atoms with Gasteiger partial charge in [0.15, 0.2) is 6.04 Å². The van der Waals surface area contributed by atoms with Crippen LogP contribution in [0.25, 0.3) is 0 Å². The number of hydrogen-bond donors (Lipinski definition) is 3. The maximum absolute atomic E-state index is 11.8. The maximum atomic E-state index is 11.8. The molecular formula is C12H16N2O4. The van der Waals surface area contributed by atoms with Crippen LogP contribution in [0.2, 0.25) is 0 Å². The fourth-order valence-corrected chi connectivity index (χ4v) is 1.38. The van der Waals surface area contributed by atoms with E-state index in [-0.39, 0.29) is 0 Å². The third kappa shape index (κ3) is 3.21. The summed E-state index contributed by atoms with van der Waals surface area (Å²) in [6.07, 6.45) is 0. The minimum absolute atomic E-state index is 0.365. The highest BCUT2D eigenvalue weighted by Gasteiger charge is 2.21. The number of ether oxygens (including phenoxy) is 1. The van der Waals surface area contributed by atoms with Gasteiger partial charge in [0.25, 0.3) is 5.91 Å². The number of nitrogen functional groups attached to an aromatic ring is 1. The first-order chi connectivity index (χ1) is 8.49. The summed E-state index contributed by atoms with van der Waals surface area (Å²) in [6, 6.07) is 3.69. The van der Waals surface area contributed by atoms with Gasteiger partial charge in [-0.3, -0.25) is 4.79 Å². The molecule has 0 aliphatic carbocycles. The number of hydrogen-bond acceptors (Lipinski definition) is 5. The number of benzene rings is 1. The number of methoxy groups -OCH3 is 1. The first-order valence-corrected chi connectivity index (χ1v) is 5.35. The number of rotatable bonds is 4. The number of carbonyl (C=O) groups excluding carboxylic acids is 2. The second-order valence-electron chi connectivity index (χ2n) is 3.80. The van der Waals surface area contributed by atoms with Gasteiger partial charge in [-0.05, 0) is 30.7 Å². The maximum Gasteiger partial charge on any atom is 0.330 e. The van der Waals surface area contributed by atoms with E-state index in [9.17, 15) is 9.59 Å². The number of esters is 1. The molecule has 1 amide bonds. The normalized spacial score (nSPS) is 11.7. The highest BCUT2D eigenvalue weighted by atomic mass is 16.5. The average molecular weight is 252 g/mol. The Bertz CT molecular complexity index is 459. The molecule has 6 heteroatoms. The van der Waals surface area contributed by atoms with E-state index in [1.165, 1.54) is 7.11 Å². The Morgan fingerprint density at radius 3 is 2.67 bits per heavy atom. The predicted molar refractivity (Wildman–Crippen MR) is 65.9 cm³/mol. The largest absolute Gasteiger partial charge is 0.467 e. The zero-order chi connectivity index (χ0) is 13.7. The SMILES string of the molecule is COC(=O)[C@H](CO)NC(=O)c1ccc(N)c(C)c1. The lowest BCUT2D eigenvalue weighted by Crippen LogP contribution is -2.44. The van der Waals surface area contributed by atoms with Crippen molar-refractivity contribution < 1.29 is 19.4 Å². The van der Waals surface area contributed by atoms with E-state index in [4.69, 9.17) is 10.8 Å². The summed E-state index contributed by atoms with van der Waals surface area (Å²) < 4.78 is 4.45. The van der Waals surface area contributed by atoms with Gasteiger partial charge in [-0.25, -0.2) is 4.79 Å². The van der Waals surface area contributed by atoms with Crippen molar-refractivity contribution in [1.82, 2.24) is 5.32 Å². The molecule has 0 fully saturated rings. The van der Waals surface area contributed by atoms with Crippen molar-refractivity contribution >= 4 is 17.6 Å². The second kappa shape index (κ2) is 6.02. The number of aliphatic hydroxyl groups excluding tert-OH is 1. The van der Waals surface area contributed by atoms with E-state index < -0.39 is 24.5 Å². The predicted octanol–water partition coefficient (Wildman–Crippen LogP) is -0.159. The zero-order valence-electron chi connectivity index (χ0n) is 10.3. The van der Waals surface area contributed by atoms with E-state index in [1.807, 2.05) is 0 Å². The lowest BCUT2D eigenvalue weighted by atomic mass is 10.1. The molecular weight excluding hydrogens is 236 g/mol. The van der Waals surface area contributed by atoms with Crippen LogP contribution in [0.15, 0.2) is 18.2 Å². The monoisotopic (exact) mass is 252 g/mol. The van der Waals surface area contributed by atoms with E-state index in [2.05, 4.69) is 10.1 Å². The standard InChI is InChI=1S/C12H16N2O4/c1-7-5-8(3-4-9(7)13)11(16)14-10(6-15)12(17)18-2/h3-5,10,15H,6,13H2,1-2H3,(H,14,16)/t10-/m0/s1. The summed E-state index contributed by atoms with van der Waals surface area (Å²) in [5, 5.41) is 11.4. The summed E-state index contributed by atoms with van der Waals surface area (Å²) in [5.41, 5.74) is 7.35. The van der Waals surface area contributed by atoms with Gasteiger partial charge in [-0.2, -0.15) is 0 Å². The summed E-state index contributed by atoms with van der Waals surface area (Å²) in [6.45, 7) is 1.25. The quantitative estimate of drug-likeness (QED) is 0.510. The molecule has 0 saturated carbocycles. The molecule has 0 radical (unpaired) electrons. The van der Waals surface area contributed by atoms with Crippen molar-refractivity contribution in [3.63, 3.8) is 0 Å². The van der Waals surface area contributed by atoms with Crippen LogP contribution in [-0.2, 0) is 9.53 Å². The molecule has 1 atom stereocenters. The molecule has 6 nitrogen and oxygen atoms in total. The molecule has 98 valence electrons. The van der Waals surface area contributed by atoms with Crippen molar-refractivity contribution in [3.05, 3.63) is 29.3 Å². The van der Waals surface area contributed by atoms with Crippen LogP contribution in [0.4, 0.5) is 5.69 Å². The van der Waals surface area contributed by atoms with Crippen LogP contribution >= 0.6 is 0 Å². The highest BCUT2D eigenvalue weighted by Crippen LogP contribution is 2.12. The molecule has 0 heterocycles. The summed E-state index contributed by atoms with van der Waals surface area (Å²) in [7, 11) is 1.19. The molecule has 0 spiro atoms. The molecule has 1 rings (SSSR count). The molecule has 0 aromatic heterocycles. The van der Waals surface area contributed by atoms with Crippen molar-refractivity contribution in [1.29, 1.82) is 0 Å². The minimum atomic E-state index is -1.07. The number of amides is 1. The molecule has 1 aromatic carbocycles. The summed E-state index contributed by atoms with van der Waals surface area (Å²) in [5.74, 6) is -1.17. The summed E-state index contributed by atoms with van der Waals surface area (Å²) >= 11 is 0. The minimum Gasteiger partial charge on any atom is -0.467 e. The molecule has 0 aliphatic heterocycles. The van der Waals surface area contributed by atoms with Gasteiger partial charge >= 0.3 is 5.97 Å². The first kappa shape index (κ1) is 14.0. The lowest BCUT2D eigenvalue weighted by Gasteiger charge is -2.14. The molecule has 18 heavy (non-hydrogen) atoms. The zero-order valence-corrected chi connectivity index (χ0v) is 10.3. The van der Waals surface area contributed by atoms with Crippen LogP contribution < -0.4 is 11.1 Å². The fourth-order valence-electron chi connectivity index (χ4n) is 1.38. The number of nitrogens with one attached hydrogen (secondary N) is 1. The highest BCUT2D eigenvalue weighted by molar-refractivity contribution is 5.97. The van der Waals surface area contributed by atoms with Crippen LogP contribution in [-0.4, -0.2) is 36.7 Å². The Balaban J connectivity index is 2.81. The Morgan fingerprint density at radius 2 is 2.17 bits per heavy atom. The Kier molecular flexibility index (Phi) is 4.67. The smallest absolute Gasteiger partial charge is 0.330 e. The van der Waals surface area contributed by atoms with Gasteiger partial charge in [0.05, 0.1) is 13.7 Å². The third-order valence-corrected chi connectivity index (χ3v) is 2.51. The van der Waals surface area contributed by atoms with E-state index in [0.29, 0.717) is 11.3 Å². The fraction of sp³-hybridized carbons (Fsp3) is 0.333. The molecule has 0 aliphatic rings. The Labute approximate surface area is 105 Å². The van der Waals surface area contributed by atoms with Crippen LogP contribution in [0, 0.1) is 6.92 Å². The van der Waals surface area contributed by atoms with E-state index in [0.717, 1.165) is 5.56 Å². The average Bonchev–Trinajstić information content (AvgIpc) is 2.37. The third-order valence-electron chi connectivity index (χ3n) is 2.51. The van der Waals surface area contributed by atoms with E-state index >= 15 is 0 Å². The molecule has 4 N–H and O–H groups in total. The summed E-state index contributed by atoms with van der Waals surface area (Å²) in [4.78, 5) is 23.0. The van der Waals surface area contributed by atoms with Gasteiger partial charge in [-0.15, -0.1) is 0 Å². The van der Waals surface area contributed by atoms with Crippen molar-refractivity contribution in [3.8, 4) is 0 Å². The number of aliphatic hydroxyl groups is 1. The van der Waals surface area contributed by atoms with Crippen LogP contribution in [0.3, 0.4) is 0 Å². The van der Waals surface area contributed by atoms with Gasteiger partial charge in [-0.1, -0.05) is 0 Å². The number of carbonyl (C=O) groups is 2. The van der Waals surface area contributed by atoms with Crippen molar-refractivity contribution in [2.75, 3.05) is 19.5 Å². The van der Waals surface area contributed by atoms with Gasteiger partial charge < -0.3 is 20.9 Å².